The number of ether oxygens (including phenoxy) is 2. The summed E-state index contributed by atoms with van der Waals surface area (Å²) in [6, 6.07) is 8.48. The van der Waals surface area contributed by atoms with Crippen molar-refractivity contribution in [3.8, 4) is 16.9 Å². The molecule has 34 heavy (non-hydrogen) atoms. The molecule has 0 unspecified atom stereocenters. The number of nitrogens with zero attached hydrogens (tertiary/aromatic N) is 2. The molecule has 1 amide bonds. The van der Waals surface area contributed by atoms with Gasteiger partial charge in [0.2, 0.25) is 0 Å². The first-order chi connectivity index (χ1) is 16.2. The molecule has 0 radical (unpaired) electrons. The zero-order chi connectivity index (χ0) is 24.3. The largest absolute Gasteiger partial charge is 0.496 e. The number of aromatic nitrogens is 2. The molecular formula is C26H31FN4O3. The number of fused-ring (bicyclic) bond motifs is 1. The van der Waals surface area contributed by atoms with Gasteiger partial charge in [-0.1, -0.05) is 6.08 Å². The number of methoxy groups -OCH3 is 1. The summed E-state index contributed by atoms with van der Waals surface area (Å²) in [6.07, 6.45) is 4.40. The van der Waals surface area contributed by atoms with Gasteiger partial charge >= 0.3 is 6.09 Å². The van der Waals surface area contributed by atoms with E-state index in [1.807, 2.05) is 26.8 Å². The van der Waals surface area contributed by atoms with E-state index in [1.54, 1.807) is 19.4 Å². The number of aromatic amines is 1. The van der Waals surface area contributed by atoms with Crippen LogP contribution in [-0.4, -0.2) is 59.9 Å². The van der Waals surface area contributed by atoms with E-state index in [9.17, 15) is 9.18 Å². The lowest BCUT2D eigenvalue weighted by atomic mass is 10.0. The molecule has 0 saturated carbocycles. The molecule has 3 heterocycles. The number of hydrogen-bond acceptors (Lipinski definition) is 5. The van der Waals surface area contributed by atoms with Crippen LogP contribution in [0.3, 0.4) is 0 Å². The Morgan fingerprint density at radius 2 is 2.06 bits per heavy atom. The average Bonchev–Trinajstić information content (AvgIpc) is 3.23. The third-order valence-corrected chi connectivity index (χ3v) is 5.72. The molecule has 1 aliphatic rings. The van der Waals surface area contributed by atoms with Crippen molar-refractivity contribution in [3.63, 3.8) is 0 Å². The average molecular weight is 467 g/mol. The SMILES string of the molecule is COc1ccc(F)cc1-c1ccnc2[nH]c(C3=CCN(CCNC(=O)OC(C)(C)C)CC3)cc12. The Bertz CT molecular complexity index is 1210. The second kappa shape index (κ2) is 9.85. The second-order valence-corrected chi connectivity index (χ2v) is 9.36. The van der Waals surface area contributed by atoms with Crippen molar-refractivity contribution >= 4 is 22.7 Å². The molecule has 3 aromatic rings. The van der Waals surface area contributed by atoms with Crippen LogP contribution in [-0.2, 0) is 4.74 Å². The number of alkyl carbamates (subject to hydrolysis) is 1. The summed E-state index contributed by atoms with van der Waals surface area (Å²) in [4.78, 5) is 22.0. The van der Waals surface area contributed by atoms with Crippen LogP contribution in [0.2, 0.25) is 0 Å². The zero-order valence-electron chi connectivity index (χ0n) is 20.1. The molecule has 0 saturated heterocycles. The molecule has 180 valence electrons. The van der Waals surface area contributed by atoms with Crippen molar-refractivity contribution in [3.05, 3.63) is 54.1 Å². The Labute approximate surface area is 199 Å². The summed E-state index contributed by atoms with van der Waals surface area (Å²) >= 11 is 0. The van der Waals surface area contributed by atoms with Crippen LogP contribution in [0.1, 0.15) is 32.9 Å². The van der Waals surface area contributed by atoms with Crippen molar-refractivity contribution in [1.82, 2.24) is 20.2 Å². The highest BCUT2D eigenvalue weighted by atomic mass is 19.1. The van der Waals surface area contributed by atoms with Gasteiger partial charge in [0.15, 0.2) is 0 Å². The first-order valence-electron chi connectivity index (χ1n) is 11.4. The molecule has 0 aliphatic carbocycles. The number of halogens is 1. The second-order valence-electron chi connectivity index (χ2n) is 9.36. The van der Waals surface area contributed by atoms with Crippen molar-refractivity contribution in [2.75, 3.05) is 33.3 Å². The minimum absolute atomic E-state index is 0.312. The number of H-pyrrole nitrogens is 1. The Morgan fingerprint density at radius 3 is 2.76 bits per heavy atom. The smallest absolute Gasteiger partial charge is 0.407 e. The Balaban J connectivity index is 1.45. The van der Waals surface area contributed by atoms with Crippen molar-refractivity contribution in [2.45, 2.75) is 32.8 Å². The van der Waals surface area contributed by atoms with Gasteiger partial charge < -0.3 is 19.8 Å². The van der Waals surface area contributed by atoms with Crippen molar-refractivity contribution in [2.24, 2.45) is 0 Å². The van der Waals surface area contributed by atoms with Crippen LogP contribution < -0.4 is 10.1 Å². The van der Waals surface area contributed by atoms with Crippen LogP contribution in [0.5, 0.6) is 5.75 Å². The number of pyridine rings is 1. The van der Waals surface area contributed by atoms with Crippen molar-refractivity contribution < 1.29 is 18.7 Å². The molecule has 0 atom stereocenters. The van der Waals surface area contributed by atoms with Crippen LogP contribution >= 0.6 is 0 Å². The van der Waals surface area contributed by atoms with Gasteiger partial charge in [-0.15, -0.1) is 0 Å². The van der Waals surface area contributed by atoms with Crippen LogP contribution in [0.15, 0.2) is 42.6 Å². The predicted molar refractivity (Wildman–Crippen MR) is 131 cm³/mol. The highest BCUT2D eigenvalue weighted by molar-refractivity contribution is 5.96. The highest BCUT2D eigenvalue weighted by Crippen LogP contribution is 2.36. The Hall–Kier alpha value is -3.39. The lowest BCUT2D eigenvalue weighted by molar-refractivity contribution is 0.0522. The van der Waals surface area contributed by atoms with Gasteiger partial charge in [-0.25, -0.2) is 14.2 Å². The molecule has 0 fully saturated rings. The quantitative estimate of drug-likeness (QED) is 0.535. The van der Waals surface area contributed by atoms with Gasteiger partial charge in [0.1, 0.15) is 22.8 Å². The summed E-state index contributed by atoms with van der Waals surface area (Å²) in [6.45, 7) is 8.50. The van der Waals surface area contributed by atoms with E-state index in [-0.39, 0.29) is 5.82 Å². The molecule has 2 N–H and O–H groups in total. The van der Waals surface area contributed by atoms with Gasteiger partial charge in [0.25, 0.3) is 0 Å². The summed E-state index contributed by atoms with van der Waals surface area (Å²) in [5.41, 5.74) is 4.05. The van der Waals surface area contributed by atoms with E-state index in [4.69, 9.17) is 9.47 Å². The number of rotatable bonds is 6. The van der Waals surface area contributed by atoms with Gasteiger partial charge in [0.05, 0.1) is 7.11 Å². The van der Waals surface area contributed by atoms with E-state index < -0.39 is 11.7 Å². The topological polar surface area (TPSA) is 79.5 Å². The minimum Gasteiger partial charge on any atom is -0.496 e. The Kier molecular flexibility index (Phi) is 6.88. The fourth-order valence-electron chi connectivity index (χ4n) is 4.11. The molecule has 4 rings (SSSR count). The van der Waals surface area contributed by atoms with E-state index in [0.29, 0.717) is 17.9 Å². The molecule has 0 spiro atoms. The number of hydrogen-bond donors (Lipinski definition) is 2. The fourth-order valence-corrected chi connectivity index (χ4v) is 4.11. The maximum absolute atomic E-state index is 14.0. The zero-order valence-corrected chi connectivity index (χ0v) is 20.1. The first-order valence-corrected chi connectivity index (χ1v) is 11.4. The molecule has 1 aliphatic heterocycles. The van der Waals surface area contributed by atoms with E-state index in [1.165, 1.54) is 17.7 Å². The Morgan fingerprint density at radius 1 is 1.24 bits per heavy atom. The number of carbonyl (C=O) groups excluding carboxylic acids is 1. The van der Waals surface area contributed by atoms with Crippen LogP contribution in [0, 0.1) is 5.82 Å². The maximum atomic E-state index is 14.0. The van der Waals surface area contributed by atoms with E-state index in [0.717, 1.165) is 48.3 Å². The minimum atomic E-state index is -0.499. The summed E-state index contributed by atoms with van der Waals surface area (Å²) in [7, 11) is 1.58. The van der Waals surface area contributed by atoms with Crippen LogP contribution in [0.4, 0.5) is 9.18 Å². The normalized spacial score (nSPS) is 14.7. The molecule has 0 bridgehead atoms. The number of benzene rings is 1. The van der Waals surface area contributed by atoms with Gasteiger partial charge in [0, 0.05) is 49.0 Å². The van der Waals surface area contributed by atoms with E-state index in [2.05, 4.69) is 32.3 Å². The van der Waals surface area contributed by atoms with Crippen molar-refractivity contribution in [1.29, 1.82) is 0 Å². The fraction of sp³-hybridized carbons (Fsp3) is 0.385. The lowest BCUT2D eigenvalue weighted by Gasteiger charge is -2.26. The third kappa shape index (κ3) is 5.56. The van der Waals surface area contributed by atoms with Gasteiger partial charge in [-0.05, 0) is 68.7 Å². The van der Waals surface area contributed by atoms with Gasteiger partial charge in [-0.2, -0.15) is 0 Å². The summed E-state index contributed by atoms with van der Waals surface area (Å²) in [5.74, 6) is 0.303. The van der Waals surface area contributed by atoms with E-state index >= 15 is 0 Å². The molecule has 1 aromatic carbocycles. The molecule has 8 heteroatoms. The first kappa shape index (κ1) is 23.8. The third-order valence-electron chi connectivity index (χ3n) is 5.72. The summed E-state index contributed by atoms with van der Waals surface area (Å²) < 4.78 is 24.7. The molecule has 2 aromatic heterocycles. The lowest BCUT2D eigenvalue weighted by Crippen LogP contribution is -2.39. The maximum Gasteiger partial charge on any atom is 0.407 e. The number of carbonyl (C=O) groups is 1. The molecule has 7 nitrogen and oxygen atoms in total. The monoisotopic (exact) mass is 466 g/mol. The summed E-state index contributed by atoms with van der Waals surface area (Å²) in [5, 5.41) is 3.73. The highest BCUT2D eigenvalue weighted by Gasteiger charge is 2.19. The standard InChI is InChI=1S/C26H31FN4O3/c1-26(2,3)34-25(32)29-11-14-31-12-8-17(9-13-31)22-16-21-19(7-10-28-24(21)30-22)20-15-18(27)5-6-23(20)33-4/h5-8,10,15-16H,9,11-14H2,1-4H3,(H,28,30)(H,29,32). The van der Waals surface area contributed by atoms with Crippen LogP contribution in [0.25, 0.3) is 27.7 Å². The molecular weight excluding hydrogens is 435 g/mol. The number of nitrogens with one attached hydrogen (secondary N) is 2. The van der Waals surface area contributed by atoms with Gasteiger partial charge in [-0.3, -0.25) is 4.90 Å². The predicted octanol–water partition coefficient (Wildman–Crippen LogP) is 4.99. The number of amides is 1.